The third-order valence-electron chi connectivity index (χ3n) is 1.64. The van der Waals surface area contributed by atoms with Crippen molar-refractivity contribution >= 4 is 11.8 Å². The zero-order valence-corrected chi connectivity index (χ0v) is 8.40. The van der Waals surface area contributed by atoms with Gasteiger partial charge in [0.05, 0.1) is 0 Å². The zero-order valence-electron chi connectivity index (χ0n) is 8.40. The van der Waals surface area contributed by atoms with Crippen molar-refractivity contribution in [3.8, 4) is 0 Å². The van der Waals surface area contributed by atoms with E-state index < -0.39 is 12.0 Å². The van der Waals surface area contributed by atoms with Gasteiger partial charge < -0.3 is 5.11 Å². The van der Waals surface area contributed by atoms with E-state index in [1.807, 2.05) is 24.6 Å². The number of carboxylic acids is 1. The van der Waals surface area contributed by atoms with Crippen LogP contribution in [0.5, 0.6) is 0 Å². The predicted octanol–water partition coefficient (Wildman–Crippen LogP) is 1.19. The number of nitrogens with zero attached hydrogens (tertiary/aromatic N) is 1. The quantitative estimate of drug-likeness (QED) is 0.269. The zero-order chi connectivity index (χ0) is 11.0. The molecule has 5 heteroatoms. The Morgan fingerprint density at radius 2 is 2.29 bits per heavy atom. The van der Waals surface area contributed by atoms with Gasteiger partial charge in [0.2, 0.25) is 0 Å². The van der Waals surface area contributed by atoms with Crippen LogP contribution in [0.3, 0.4) is 0 Å². The van der Waals surface area contributed by atoms with E-state index in [4.69, 9.17) is 10.3 Å². The van der Waals surface area contributed by atoms with Crippen LogP contribution >= 0.6 is 0 Å². The Kier molecular flexibility index (Phi) is 6.39. The van der Waals surface area contributed by atoms with Gasteiger partial charge in [0.25, 0.3) is 0 Å². The molecular weight excluding hydrogens is 184 g/mol. The fourth-order valence-corrected chi connectivity index (χ4v) is 0.927. The van der Waals surface area contributed by atoms with Gasteiger partial charge >= 0.3 is 5.97 Å². The number of hydroxylamine groups is 1. The number of aliphatic imine (C=N–C) groups is 1. The normalized spacial score (nSPS) is 14.4. The summed E-state index contributed by atoms with van der Waals surface area (Å²) in [5, 5.41) is 17.2. The SMILES string of the molecule is CC=CCCC(N=C(C)NO)C(=O)O. The molecule has 0 amide bonds. The molecule has 0 aliphatic heterocycles. The van der Waals surface area contributed by atoms with Crippen molar-refractivity contribution in [3.05, 3.63) is 12.2 Å². The number of nitrogens with one attached hydrogen (secondary N) is 1. The molecule has 0 aromatic carbocycles. The molecule has 0 spiro atoms. The fourth-order valence-electron chi connectivity index (χ4n) is 0.927. The molecule has 0 aromatic heterocycles. The predicted molar refractivity (Wildman–Crippen MR) is 53.5 cm³/mol. The smallest absolute Gasteiger partial charge is 0.328 e. The second kappa shape index (κ2) is 7.08. The van der Waals surface area contributed by atoms with Crippen LogP contribution in [-0.4, -0.2) is 28.2 Å². The van der Waals surface area contributed by atoms with Gasteiger partial charge in [0.1, 0.15) is 11.9 Å². The Bertz CT molecular complexity index is 236. The monoisotopic (exact) mass is 200 g/mol. The van der Waals surface area contributed by atoms with Gasteiger partial charge in [-0.3, -0.25) is 15.7 Å². The molecule has 0 rings (SSSR count). The van der Waals surface area contributed by atoms with E-state index in [-0.39, 0.29) is 5.84 Å². The topological polar surface area (TPSA) is 81.9 Å². The van der Waals surface area contributed by atoms with E-state index >= 15 is 0 Å². The number of aliphatic carboxylic acids is 1. The highest BCUT2D eigenvalue weighted by molar-refractivity contribution is 5.83. The summed E-state index contributed by atoms with van der Waals surface area (Å²) in [5.41, 5.74) is 1.81. The second-order valence-electron chi connectivity index (χ2n) is 2.83. The fraction of sp³-hybridized carbons (Fsp3) is 0.556. The number of hydrogen-bond donors (Lipinski definition) is 3. The highest BCUT2D eigenvalue weighted by Crippen LogP contribution is 2.03. The van der Waals surface area contributed by atoms with E-state index in [0.29, 0.717) is 12.8 Å². The Morgan fingerprint density at radius 1 is 1.64 bits per heavy atom. The maximum Gasteiger partial charge on any atom is 0.328 e. The van der Waals surface area contributed by atoms with Crippen molar-refractivity contribution in [2.24, 2.45) is 4.99 Å². The molecule has 80 valence electrons. The van der Waals surface area contributed by atoms with E-state index in [1.165, 1.54) is 6.92 Å². The maximum absolute atomic E-state index is 10.7. The summed E-state index contributed by atoms with van der Waals surface area (Å²) in [6.45, 7) is 3.38. The minimum atomic E-state index is -0.982. The first-order valence-corrected chi connectivity index (χ1v) is 4.40. The Balaban J connectivity index is 4.23. The van der Waals surface area contributed by atoms with Crippen molar-refractivity contribution in [2.75, 3.05) is 0 Å². The lowest BCUT2D eigenvalue weighted by molar-refractivity contribution is -0.138. The summed E-state index contributed by atoms with van der Waals surface area (Å²) in [4.78, 5) is 14.5. The number of allylic oxidation sites excluding steroid dienone is 2. The molecule has 3 N–H and O–H groups in total. The van der Waals surface area contributed by atoms with Crippen LogP contribution in [0.4, 0.5) is 0 Å². The maximum atomic E-state index is 10.7. The number of carboxylic acid groups (broad SMARTS) is 1. The van der Waals surface area contributed by atoms with Gasteiger partial charge in [0, 0.05) is 0 Å². The molecule has 0 saturated heterocycles. The summed E-state index contributed by atoms with van der Waals surface area (Å²) in [7, 11) is 0. The summed E-state index contributed by atoms with van der Waals surface area (Å²) in [6.07, 6.45) is 4.83. The Morgan fingerprint density at radius 3 is 2.71 bits per heavy atom. The van der Waals surface area contributed by atoms with Gasteiger partial charge in [0.15, 0.2) is 0 Å². The molecule has 0 bridgehead atoms. The highest BCUT2D eigenvalue weighted by Gasteiger charge is 2.14. The Hall–Kier alpha value is -1.36. The Labute approximate surface area is 83.1 Å². The third kappa shape index (κ3) is 5.31. The molecule has 0 heterocycles. The molecule has 14 heavy (non-hydrogen) atoms. The van der Waals surface area contributed by atoms with E-state index in [0.717, 1.165) is 0 Å². The van der Waals surface area contributed by atoms with Crippen LogP contribution in [0, 0.1) is 0 Å². The van der Waals surface area contributed by atoms with Crippen molar-refractivity contribution in [1.29, 1.82) is 0 Å². The summed E-state index contributed by atoms with van der Waals surface area (Å²) in [5.74, 6) is -0.776. The molecule has 1 unspecified atom stereocenters. The molecule has 1 atom stereocenters. The second-order valence-corrected chi connectivity index (χ2v) is 2.83. The average Bonchev–Trinajstić information content (AvgIpc) is 2.16. The molecule has 0 saturated carbocycles. The van der Waals surface area contributed by atoms with Crippen LogP contribution in [0.25, 0.3) is 0 Å². The van der Waals surface area contributed by atoms with Crippen LogP contribution in [0.15, 0.2) is 17.1 Å². The van der Waals surface area contributed by atoms with Crippen LogP contribution in [-0.2, 0) is 4.79 Å². The molecule has 0 fully saturated rings. The molecule has 0 aromatic rings. The molecule has 0 aliphatic carbocycles. The van der Waals surface area contributed by atoms with E-state index in [2.05, 4.69) is 4.99 Å². The molecular formula is C9H16N2O3. The van der Waals surface area contributed by atoms with E-state index in [9.17, 15) is 4.79 Å². The van der Waals surface area contributed by atoms with Gasteiger partial charge in [-0.25, -0.2) is 4.79 Å². The van der Waals surface area contributed by atoms with Crippen molar-refractivity contribution in [3.63, 3.8) is 0 Å². The molecule has 0 radical (unpaired) electrons. The summed E-state index contributed by atoms with van der Waals surface area (Å²) >= 11 is 0. The standard InChI is InChI=1S/C9H16N2O3/c1-3-4-5-6-8(9(12)13)10-7(2)11-14/h3-4,8,14H,5-6H2,1-2H3,(H,10,11)(H,12,13). The first kappa shape index (κ1) is 12.6. The number of rotatable bonds is 5. The minimum absolute atomic E-state index is 0.206. The first-order valence-electron chi connectivity index (χ1n) is 4.40. The third-order valence-corrected chi connectivity index (χ3v) is 1.64. The van der Waals surface area contributed by atoms with Crippen LogP contribution in [0.2, 0.25) is 0 Å². The van der Waals surface area contributed by atoms with Gasteiger partial charge in [-0.1, -0.05) is 12.2 Å². The van der Waals surface area contributed by atoms with Crippen LogP contribution < -0.4 is 5.48 Å². The van der Waals surface area contributed by atoms with Gasteiger partial charge in [-0.05, 0) is 26.7 Å². The number of hydrogen-bond acceptors (Lipinski definition) is 3. The lowest BCUT2D eigenvalue weighted by atomic mass is 10.1. The number of carbonyl (C=O) groups is 1. The molecule has 0 aliphatic rings. The highest BCUT2D eigenvalue weighted by atomic mass is 16.5. The van der Waals surface area contributed by atoms with Crippen LogP contribution in [0.1, 0.15) is 26.7 Å². The molecule has 5 nitrogen and oxygen atoms in total. The van der Waals surface area contributed by atoms with Gasteiger partial charge in [-0.2, -0.15) is 0 Å². The summed E-state index contributed by atoms with van der Waals surface area (Å²) < 4.78 is 0. The number of amidine groups is 1. The first-order chi connectivity index (χ1) is 6.61. The minimum Gasteiger partial charge on any atom is -0.480 e. The average molecular weight is 200 g/mol. The lowest BCUT2D eigenvalue weighted by Crippen LogP contribution is -2.23. The van der Waals surface area contributed by atoms with Gasteiger partial charge in [-0.15, -0.1) is 0 Å². The van der Waals surface area contributed by atoms with Crippen molar-refractivity contribution < 1.29 is 15.1 Å². The lowest BCUT2D eigenvalue weighted by Gasteiger charge is -2.06. The van der Waals surface area contributed by atoms with Crippen molar-refractivity contribution in [1.82, 2.24) is 5.48 Å². The van der Waals surface area contributed by atoms with Crippen molar-refractivity contribution in [2.45, 2.75) is 32.7 Å². The van der Waals surface area contributed by atoms with E-state index in [1.54, 1.807) is 0 Å². The summed E-state index contributed by atoms with van der Waals surface area (Å²) in [6, 6.07) is -0.800. The largest absolute Gasteiger partial charge is 0.480 e.